The second kappa shape index (κ2) is 6.76. The number of piperidine rings is 1. The van der Waals surface area contributed by atoms with Crippen molar-refractivity contribution in [2.45, 2.75) is 37.1 Å². The summed E-state index contributed by atoms with van der Waals surface area (Å²) in [5.41, 5.74) is 2.22. The molecule has 0 radical (unpaired) electrons. The van der Waals surface area contributed by atoms with E-state index in [1.54, 1.807) is 0 Å². The lowest BCUT2D eigenvalue weighted by Gasteiger charge is -2.41. The highest BCUT2D eigenvalue weighted by Gasteiger charge is 2.53. The minimum Gasteiger partial charge on any atom is -0.370 e. The average molecular weight is 398 g/mol. The summed E-state index contributed by atoms with van der Waals surface area (Å²) in [6, 6.07) is 15.7. The number of amides is 1. The molecule has 5 nitrogen and oxygen atoms in total. The quantitative estimate of drug-likeness (QED) is 0.812. The van der Waals surface area contributed by atoms with E-state index in [2.05, 4.69) is 27.7 Å². The van der Waals surface area contributed by atoms with Crippen LogP contribution in [-0.2, 0) is 11.3 Å². The standard InChI is InChI=1S/C22H24ClN3O2/c23-17-7-5-16(6-8-17)13-26-11-9-21(10-12-26)14-22(15-28-21)24-19-4-2-1-3-18(19)20(27)25-22/h1-8,24H,9-15H2,(H,25,27). The van der Waals surface area contributed by atoms with E-state index in [-0.39, 0.29) is 11.5 Å². The molecule has 146 valence electrons. The van der Waals surface area contributed by atoms with Gasteiger partial charge >= 0.3 is 0 Å². The van der Waals surface area contributed by atoms with E-state index >= 15 is 0 Å². The predicted molar refractivity (Wildman–Crippen MR) is 110 cm³/mol. The third-order valence-corrected chi connectivity index (χ3v) is 6.49. The van der Waals surface area contributed by atoms with E-state index in [0.29, 0.717) is 12.2 Å². The molecule has 6 heteroatoms. The monoisotopic (exact) mass is 397 g/mol. The molecule has 2 fully saturated rings. The first-order chi connectivity index (χ1) is 13.5. The molecule has 28 heavy (non-hydrogen) atoms. The Hall–Kier alpha value is -2.08. The lowest BCUT2D eigenvalue weighted by atomic mass is 9.84. The zero-order valence-electron chi connectivity index (χ0n) is 15.7. The van der Waals surface area contributed by atoms with Gasteiger partial charge in [-0.15, -0.1) is 0 Å². The second-order valence-electron chi connectivity index (χ2n) is 8.26. The molecular weight excluding hydrogens is 374 g/mol. The van der Waals surface area contributed by atoms with Crippen molar-refractivity contribution in [2.75, 3.05) is 25.0 Å². The Morgan fingerprint density at radius 2 is 1.79 bits per heavy atom. The number of carbonyl (C=O) groups is 1. The van der Waals surface area contributed by atoms with Crippen LogP contribution in [0.3, 0.4) is 0 Å². The molecule has 3 aliphatic heterocycles. The maximum atomic E-state index is 12.6. The number of ether oxygens (including phenoxy) is 1. The topological polar surface area (TPSA) is 53.6 Å². The number of fused-ring (bicyclic) bond motifs is 1. The number of nitrogens with one attached hydrogen (secondary N) is 2. The Kier molecular flexibility index (Phi) is 4.34. The molecule has 0 saturated carbocycles. The van der Waals surface area contributed by atoms with Crippen molar-refractivity contribution in [2.24, 2.45) is 0 Å². The van der Waals surface area contributed by atoms with Crippen LogP contribution in [0.25, 0.3) is 0 Å². The van der Waals surface area contributed by atoms with Gasteiger partial charge in [-0.05, 0) is 42.7 Å². The minimum absolute atomic E-state index is 0.0184. The largest absolute Gasteiger partial charge is 0.370 e. The number of hydrogen-bond donors (Lipinski definition) is 2. The first kappa shape index (κ1) is 18.0. The number of rotatable bonds is 2. The highest BCUT2D eigenvalue weighted by molar-refractivity contribution is 6.30. The molecule has 0 bridgehead atoms. The third-order valence-electron chi connectivity index (χ3n) is 6.23. The molecule has 0 aromatic heterocycles. The maximum absolute atomic E-state index is 12.6. The van der Waals surface area contributed by atoms with Crippen LogP contribution in [0.1, 0.15) is 35.2 Å². The fourth-order valence-corrected chi connectivity index (χ4v) is 4.87. The van der Waals surface area contributed by atoms with Crippen molar-refractivity contribution >= 4 is 23.2 Å². The fraction of sp³-hybridized carbons (Fsp3) is 0.409. The molecular formula is C22H24ClN3O2. The number of nitrogens with zero attached hydrogens (tertiary/aromatic N) is 1. The van der Waals surface area contributed by atoms with Crippen LogP contribution >= 0.6 is 11.6 Å². The van der Waals surface area contributed by atoms with Crippen molar-refractivity contribution in [3.8, 4) is 0 Å². The van der Waals surface area contributed by atoms with E-state index in [1.807, 2.05) is 36.4 Å². The van der Waals surface area contributed by atoms with Crippen molar-refractivity contribution < 1.29 is 9.53 Å². The van der Waals surface area contributed by atoms with Gasteiger partial charge in [0.1, 0.15) is 5.66 Å². The Labute approximate surface area is 170 Å². The number of anilines is 1. The zero-order chi connectivity index (χ0) is 19.2. The van der Waals surface area contributed by atoms with Crippen LogP contribution < -0.4 is 10.6 Å². The van der Waals surface area contributed by atoms with Crippen molar-refractivity contribution in [1.82, 2.24) is 10.2 Å². The smallest absolute Gasteiger partial charge is 0.255 e. The Morgan fingerprint density at radius 3 is 2.57 bits per heavy atom. The third kappa shape index (κ3) is 3.28. The Bertz CT molecular complexity index is 893. The highest BCUT2D eigenvalue weighted by Crippen LogP contribution is 2.43. The van der Waals surface area contributed by atoms with Crippen LogP contribution in [-0.4, -0.2) is 41.8 Å². The van der Waals surface area contributed by atoms with Gasteiger partial charge in [-0.3, -0.25) is 9.69 Å². The van der Waals surface area contributed by atoms with Crippen LogP contribution in [0, 0.1) is 0 Å². The lowest BCUT2D eigenvalue weighted by molar-refractivity contribution is -0.0452. The van der Waals surface area contributed by atoms with Gasteiger partial charge in [0.25, 0.3) is 5.91 Å². The van der Waals surface area contributed by atoms with E-state index < -0.39 is 5.66 Å². The van der Waals surface area contributed by atoms with E-state index in [4.69, 9.17) is 16.3 Å². The molecule has 0 aliphatic carbocycles. The van der Waals surface area contributed by atoms with Gasteiger partial charge in [0.05, 0.1) is 17.8 Å². The molecule has 3 aliphatic rings. The fourth-order valence-electron chi connectivity index (χ4n) is 4.74. The summed E-state index contributed by atoms with van der Waals surface area (Å²) < 4.78 is 6.33. The van der Waals surface area contributed by atoms with Crippen LogP contribution in [0.15, 0.2) is 48.5 Å². The molecule has 1 amide bonds. The number of benzene rings is 2. The summed E-state index contributed by atoms with van der Waals surface area (Å²) in [5.74, 6) is -0.0184. The van der Waals surface area contributed by atoms with Crippen molar-refractivity contribution in [3.05, 3.63) is 64.7 Å². The summed E-state index contributed by atoms with van der Waals surface area (Å²) in [5, 5.41) is 7.50. The Morgan fingerprint density at radius 1 is 1.04 bits per heavy atom. The van der Waals surface area contributed by atoms with Crippen molar-refractivity contribution in [3.63, 3.8) is 0 Å². The molecule has 2 saturated heterocycles. The lowest BCUT2D eigenvalue weighted by Crippen LogP contribution is -2.59. The number of halogens is 1. The summed E-state index contributed by atoms with van der Waals surface area (Å²) in [7, 11) is 0. The Balaban J connectivity index is 1.24. The molecule has 1 atom stereocenters. The number of likely N-dealkylation sites (tertiary alicyclic amines) is 1. The molecule has 2 spiro atoms. The first-order valence-corrected chi connectivity index (χ1v) is 10.2. The van der Waals surface area contributed by atoms with Gasteiger partial charge in [-0.1, -0.05) is 35.9 Å². The summed E-state index contributed by atoms with van der Waals surface area (Å²) in [6.45, 7) is 3.41. The van der Waals surface area contributed by atoms with E-state index in [9.17, 15) is 4.79 Å². The number of hydrogen-bond acceptors (Lipinski definition) is 4. The van der Waals surface area contributed by atoms with Crippen LogP contribution in [0.4, 0.5) is 5.69 Å². The van der Waals surface area contributed by atoms with Gasteiger partial charge in [0.15, 0.2) is 0 Å². The van der Waals surface area contributed by atoms with Gasteiger partial charge in [0, 0.05) is 36.8 Å². The normalized spacial score (nSPS) is 26.1. The molecule has 2 aromatic carbocycles. The van der Waals surface area contributed by atoms with Crippen LogP contribution in [0.2, 0.25) is 5.02 Å². The van der Waals surface area contributed by atoms with Gasteiger partial charge in [0.2, 0.25) is 0 Å². The molecule has 2 N–H and O–H groups in total. The van der Waals surface area contributed by atoms with E-state index in [0.717, 1.165) is 49.6 Å². The highest BCUT2D eigenvalue weighted by atomic mass is 35.5. The van der Waals surface area contributed by atoms with Crippen molar-refractivity contribution in [1.29, 1.82) is 0 Å². The van der Waals surface area contributed by atoms with Crippen LogP contribution in [0.5, 0.6) is 0 Å². The summed E-state index contributed by atoms with van der Waals surface area (Å²) in [6.07, 6.45) is 2.75. The SMILES string of the molecule is O=C1NC2(COC3(CCN(Cc4ccc(Cl)cc4)CC3)C2)Nc2ccccc21. The molecule has 1 unspecified atom stereocenters. The number of para-hydroxylation sites is 1. The van der Waals surface area contributed by atoms with Gasteiger partial charge in [-0.25, -0.2) is 0 Å². The minimum atomic E-state index is -0.496. The molecule has 5 rings (SSSR count). The van der Waals surface area contributed by atoms with E-state index in [1.165, 1.54) is 5.56 Å². The predicted octanol–water partition coefficient (Wildman–Crippen LogP) is 3.65. The first-order valence-electron chi connectivity index (χ1n) is 9.85. The second-order valence-corrected chi connectivity index (χ2v) is 8.69. The maximum Gasteiger partial charge on any atom is 0.255 e. The molecule has 2 aromatic rings. The average Bonchev–Trinajstić information content (AvgIpc) is 3.03. The number of carbonyl (C=O) groups excluding carboxylic acids is 1. The van der Waals surface area contributed by atoms with Gasteiger partial charge < -0.3 is 15.4 Å². The summed E-state index contributed by atoms with van der Waals surface area (Å²) >= 11 is 5.98. The van der Waals surface area contributed by atoms with Gasteiger partial charge in [-0.2, -0.15) is 0 Å². The molecule has 3 heterocycles. The zero-order valence-corrected chi connectivity index (χ0v) is 16.5. The summed E-state index contributed by atoms with van der Waals surface area (Å²) in [4.78, 5) is 15.0.